The molecule has 0 spiro atoms. The second-order valence-corrected chi connectivity index (χ2v) is 2.61. The maximum atomic E-state index is 11.3. The van der Waals surface area contributed by atoms with E-state index in [-0.39, 0.29) is 17.5 Å². The maximum Gasteiger partial charge on any atom is 0.336 e. The standard InChI is InChI=1S/C10H7NO3/c11-6-5-9(12)7-3-1-2-4-8(7)10(13)14/h1-4H,5H2,(H,13,14). The molecule has 1 aromatic carbocycles. The smallest absolute Gasteiger partial charge is 0.336 e. The normalized spacial score (nSPS) is 9.07. The summed E-state index contributed by atoms with van der Waals surface area (Å²) in [6.45, 7) is 0. The number of Topliss-reactive ketones (excluding diaryl/α,β-unsaturated/α-hetero) is 1. The number of carboxylic acid groups (broad SMARTS) is 1. The van der Waals surface area contributed by atoms with Gasteiger partial charge in [-0.1, -0.05) is 18.2 Å². The molecule has 1 N–H and O–H groups in total. The number of rotatable bonds is 3. The highest BCUT2D eigenvalue weighted by Crippen LogP contribution is 2.10. The van der Waals surface area contributed by atoms with Crippen molar-refractivity contribution in [1.82, 2.24) is 0 Å². The first-order chi connectivity index (χ1) is 6.66. The van der Waals surface area contributed by atoms with Gasteiger partial charge in [0.2, 0.25) is 0 Å². The Bertz CT molecular complexity index is 418. The van der Waals surface area contributed by atoms with Crippen LogP contribution in [0.3, 0.4) is 0 Å². The second kappa shape index (κ2) is 4.19. The maximum absolute atomic E-state index is 11.3. The van der Waals surface area contributed by atoms with Gasteiger partial charge in [-0.15, -0.1) is 0 Å². The molecule has 0 atom stereocenters. The molecule has 0 unspecified atom stereocenters. The lowest BCUT2D eigenvalue weighted by Gasteiger charge is -2.01. The van der Waals surface area contributed by atoms with Gasteiger partial charge in [-0.05, 0) is 6.07 Å². The lowest BCUT2D eigenvalue weighted by atomic mass is 10.0. The molecule has 14 heavy (non-hydrogen) atoms. The van der Waals surface area contributed by atoms with Crippen LogP contribution in [0.2, 0.25) is 0 Å². The number of nitriles is 1. The number of carbonyl (C=O) groups is 2. The molecule has 1 aromatic rings. The first kappa shape index (κ1) is 9.93. The van der Waals surface area contributed by atoms with Gasteiger partial charge in [0.25, 0.3) is 0 Å². The van der Waals surface area contributed by atoms with Crippen molar-refractivity contribution < 1.29 is 14.7 Å². The summed E-state index contributed by atoms with van der Waals surface area (Å²) in [6.07, 6.45) is -0.301. The summed E-state index contributed by atoms with van der Waals surface area (Å²) in [4.78, 5) is 22.0. The molecule has 1 rings (SSSR count). The summed E-state index contributed by atoms with van der Waals surface area (Å²) >= 11 is 0. The highest BCUT2D eigenvalue weighted by atomic mass is 16.4. The first-order valence-corrected chi connectivity index (χ1v) is 3.89. The van der Waals surface area contributed by atoms with Crippen LogP contribution in [0.15, 0.2) is 24.3 Å². The second-order valence-electron chi connectivity index (χ2n) is 2.61. The summed E-state index contributed by atoms with van der Waals surface area (Å²) in [5.41, 5.74) is 0.0225. The Morgan fingerprint density at radius 1 is 1.29 bits per heavy atom. The van der Waals surface area contributed by atoms with E-state index in [1.54, 1.807) is 12.1 Å². The number of aromatic carboxylic acids is 1. The number of carboxylic acids is 1. The molecule has 0 aromatic heterocycles. The number of benzene rings is 1. The fraction of sp³-hybridized carbons (Fsp3) is 0.100. The molecule has 0 saturated heterocycles. The molecule has 0 amide bonds. The van der Waals surface area contributed by atoms with Crippen LogP contribution in [0, 0.1) is 11.3 Å². The molecule has 0 aliphatic rings. The van der Waals surface area contributed by atoms with Crippen LogP contribution in [0.4, 0.5) is 0 Å². The molecule has 0 heterocycles. The van der Waals surface area contributed by atoms with Crippen molar-refractivity contribution in [1.29, 1.82) is 5.26 Å². The first-order valence-electron chi connectivity index (χ1n) is 3.89. The van der Waals surface area contributed by atoms with Crippen LogP contribution >= 0.6 is 0 Å². The Kier molecular flexibility index (Phi) is 2.97. The average molecular weight is 189 g/mol. The van der Waals surface area contributed by atoms with Crippen LogP contribution in [-0.2, 0) is 0 Å². The Balaban J connectivity index is 3.15. The van der Waals surface area contributed by atoms with Gasteiger partial charge in [-0.3, -0.25) is 4.79 Å². The molecular formula is C10H7NO3. The molecule has 0 radical (unpaired) electrons. The molecule has 4 nitrogen and oxygen atoms in total. The monoisotopic (exact) mass is 189 g/mol. The van der Waals surface area contributed by atoms with Crippen LogP contribution in [0.1, 0.15) is 27.1 Å². The van der Waals surface area contributed by atoms with E-state index in [0.717, 1.165) is 0 Å². The molecule has 0 saturated carbocycles. The third-order valence-electron chi connectivity index (χ3n) is 1.70. The van der Waals surface area contributed by atoms with E-state index < -0.39 is 11.8 Å². The molecule has 0 aliphatic carbocycles. The number of nitrogens with zero attached hydrogens (tertiary/aromatic N) is 1. The van der Waals surface area contributed by atoms with E-state index in [0.29, 0.717) is 0 Å². The third-order valence-corrected chi connectivity index (χ3v) is 1.70. The van der Waals surface area contributed by atoms with Gasteiger partial charge < -0.3 is 5.11 Å². The summed E-state index contributed by atoms with van der Waals surface area (Å²) in [6, 6.07) is 7.54. The van der Waals surface area contributed by atoms with Crippen LogP contribution in [0.5, 0.6) is 0 Å². The highest BCUT2D eigenvalue weighted by molar-refractivity contribution is 6.06. The number of ketones is 1. The van der Waals surface area contributed by atoms with E-state index in [2.05, 4.69) is 0 Å². The van der Waals surface area contributed by atoms with E-state index in [1.165, 1.54) is 18.2 Å². The molecule has 0 fully saturated rings. The van der Waals surface area contributed by atoms with Crippen LogP contribution in [-0.4, -0.2) is 16.9 Å². The number of carbonyl (C=O) groups excluding carboxylic acids is 1. The van der Waals surface area contributed by atoms with Crippen molar-refractivity contribution >= 4 is 11.8 Å². The van der Waals surface area contributed by atoms with Crippen LogP contribution in [0.25, 0.3) is 0 Å². The van der Waals surface area contributed by atoms with Crippen molar-refractivity contribution in [2.24, 2.45) is 0 Å². The van der Waals surface area contributed by atoms with Crippen molar-refractivity contribution in [3.8, 4) is 6.07 Å². The predicted octanol–water partition coefficient (Wildman–Crippen LogP) is 1.48. The van der Waals surface area contributed by atoms with Gasteiger partial charge in [0.05, 0.1) is 18.1 Å². The fourth-order valence-corrected chi connectivity index (χ4v) is 1.08. The van der Waals surface area contributed by atoms with E-state index in [1.807, 2.05) is 0 Å². The molecule has 0 bridgehead atoms. The third kappa shape index (κ3) is 1.96. The minimum absolute atomic E-state index is 0.0623. The zero-order chi connectivity index (χ0) is 10.6. The Labute approximate surface area is 80.4 Å². The summed E-state index contributed by atoms with van der Waals surface area (Å²) in [5.74, 6) is -1.63. The summed E-state index contributed by atoms with van der Waals surface area (Å²) in [7, 11) is 0. The highest BCUT2D eigenvalue weighted by Gasteiger charge is 2.14. The Morgan fingerprint density at radius 2 is 1.86 bits per heavy atom. The minimum Gasteiger partial charge on any atom is -0.478 e. The molecule has 0 aliphatic heterocycles. The Hall–Kier alpha value is -2.15. The van der Waals surface area contributed by atoms with Crippen molar-refractivity contribution in [2.75, 3.05) is 0 Å². The van der Waals surface area contributed by atoms with Gasteiger partial charge in [-0.25, -0.2) is 4.79 Å². The Morgan fingerprint density at radius 3 is 2.36 bits per heavy atom. The summed E-state index contributed by atoms with van der Waals surface area (Å²) in [5, 5.41) is 17.1. The van der Waals surface area contributed by atoms with Gasteiger partial charge >= 0.3 is 5.97 Å². The van der Waals surface area contributed by atoms with Gasteiger partial charge in [-0.2, -0.15) is 5.26 Å². The van der Waals surface area contributed by atoms with Crippen LogP contribution < -0.4 is 0 Å². The quantitative estimate of drug-likeness (QED) is 0.730. The van der Waals surface area contributed by atoms with Crippen molar-refractivity contribution in [2.45, 2.75) is 6.42 Å². The lowest BCUT2D eigenvalue weighted by molar-refractivity contribution is 0.0692. The van der Waals surface area contributed by atoms with E-state index >= 15 is 0 Å². The van der Waals surface area contributed by atoms with E-state index in [9.17, 15) is 9.59 Å². The van der Waals surface area contributed by atoms with Crippen molar-refractivity contribution in [3.63, 3.8) is 0 Å². The van der Waals surface area contributed by atoms with Gasteiger partial charge in [0.15, 0.2) is 5.78 Å². The number of hydrogen-bond donors (Lipinski definition) is 1. The lowest BCUT2D eigenvalue weighted by Crippen LogP contribution is -2.07. The van der Waals surface area contributed by atoms with Crippen molar-refractivity contribution in [3.05, 3.63) is 35.4 Å². The number of hydrogen-bond acceptors (Lipinski definition) is 3. The van der Waals surface area contributed by atoms with Gasteiger partial charge in [0, 0.05) is 5.56 Å². The average Bonchev–Trinajstić information content (AvgIpc) is 2.18. The largest absolute Gasteiger partial charge is 0.478 e. The van der Waals surface area contributed by atoms with Gasteiger partial charge in [0.1, 0.15) is 0 Å². The zero-order valence-electron chi connectivity index (χ0n) is 7.23. The minimum atomic E-state index is -1.16. The topological polar surface area (TPSA) is 78.2 Å². The van der Waals surface area contributed by atoms with E-state index in [4.69, 9.17) is 10.4 Å². The molecule has 70 valence electrons. The fourth-order valence-electron chi connectivity index (χ4n) is 1.08. The predicted molar refractivity (Wildman–Crippen MR) is 48.0 cm³/mol. The molecule has 4 heteroatoms. The molecular weight excluding hydrogens is 182 g/mol. The SMILES string of the molecule is N#CCC(=O)c1ccccc1C(=O)O. The summed E-state index contributed by atoms with van der Waals surface area (Å²) < 4.78 is 0. The zero-order valence-corrected chi connectivity index (χ0v) is 7.23.